The van der Waals surface area contributed by atoms with Crippen LogP contribution < -0.4 is 10.6 Å². The highest BCUT2D eigenvalue weighted by Gasteiger charge is 2.35. The lowest BCUT2D eigenvalue weighted by molar-refractivity contribution is -0.128. The number of carbonyl (C=O) groups is 1. The lowest BCUT2D eigenvalue weighted by Gasteiger charge is -2.20. The maximum Gasteiger partial charge on any atom is 0.228 e. The van der Waals surface area contributed by atoms with Crippen molar-refractivity contribution in [2.45, 2.75) is 20.3 Å². The molecule has 0 aliphatic carbocycles. The zero-order valence-electron chi connectivity index (χ0n) is 8.24. The normalized spacial score (nSPS) is 26.3. The van der Waals surface area contributed by atoms with Crippen LogP contribution >= 0.6 is 0 Å². The number of rotatable bonds is 2. The Labute approximate surface area is 79.3 Å². The summed E-state index contributed by atoms with van der Waals surface area (Å²) in [6, 6.07) is 0. The second kappa shape index (κ2) is 4.29. The summed E-state index contributed by atoms with van der Waals surface area (Å²) in [7, 11) is 0. The van der Waals surface area contributed by atoms with E-state index in [1.165, 1.54) is 0 Å². The molecule has 3 nitrogen and oxygen atoms in total. The van der Waals surface area contributed by atoms with Crippen molar-refractivity contribution in [3.05, 3.63) is 0 Å². The van der Waals surface area contributed by atoms with Crippen molar-refractivity contribution in [2.75, 3.05) is 19.6 Å². The average molecular weight is 180 g/mol. The fourth-order valence-electron chi connectivity index (χ4n) is 1.44. The van der Waals surface area contributed by atoms with Crippen LogP contribution in [0.1, 0.15) is 20.3 Å². The third kappa shape index (κ3) is 2.46. The number of hydrogen-bond donors (Lipinski definition) is 2. The van der Waals surface area contributed by atoms with Crippen molar-refractivity contribution in [3.63, 3.8) is 0 Å². The third-order valence-corrected chi connectivity index (χ3v) is 2.43. The van der Waals surface area contributed by atoms with Crippen LogP contribution in [0, 0.1) is 17.3 Å². The third-order valence-electron chi connectivity index (χ3n) is 2.43. The van der Waals surface area contributed by atoms with Gasteiger partial charge in [-0.25, -0.2) is 0 Å². The molecule has 1 aliphatic rings. The van der Waals surface area contributed by atoms with E-state index < -0.39 is 0 Å². The highest BCUT2D eigenvalue weighted by atomic mass is 16.2. The molecule has 0 saturated carbocycles. The van der Waals surface area contributed by atoms with Crippen LogP contribution in [-0.4, -0.2) is 25.5 Å². The van der Waals surface area contributed by atoms with Gasteiger partial charge >= 0.3 is 0 Å². The molecule has 0 aromatic carbocycles. The Bertz CT molecular complexity index is 243. The molecule has 1 aliphatic heterocycles. The summed E-state index contributed by atoms with van der Waals surface area (Å²) < 4.78 is 0. The number of carbonyl (C=O) groups excluding carboxylic acids is 1. The highest BCUT2D eigenvalue weighted by Crippen LogP contribution is 2.23. The molecule has 72 valence electrons. The minimum Gasteiger partial charge on any atom is -0.345 e. The average Bonchev–Trinajstić information content (AvgIpc) is 2.54. The topological polar surface area (TPSA) is 41.1 Å². The van der Waals surface area contributed by atoms with Gasteiger partial charge in [0.05, 0.1) is 12.0 Å². The fourth-order valence-corrected chi connectivity index (χ4v) is 1.44. The first-order valence-corrected chi connectivity index (χ1v) is 4.58. The van der Waals surface area contributed by atoms with Crippen molar-refractivity contribution in [1.29, 1.82) is 0 Å². The first-order valence-electron chi connectivity index (χ1n) is 4.58. The molecule has 1 saturated heterocycles. The molecule has 2 N–H and O–H groups in total. The van der Waals surface area contributed by atoms with Gasteiger partial charge in [-0.05, 0) is 26.8 Å². The predicted molar refractivity (Wildman–Crippen MR) is 52.1 cm³/mol. The smallest absolute Gasteiger partial charge is 0.228 e. The second-order valence-electron chi connectivity index (χ2n) is 3.60. The van der Waals surface area contributed by atoms with Gasteiger partial charge < -0.3 is 10.6 Å². The molecule has 0 aromatic heterocycles. The lowest BCUT2D eigenvalue weighted by atomic mass is 9.89. The largest absolute Gasteiger partial charge is 0.345 e. The van der Waals surface area contributed by atoms with E-state index in [1.807, 2.05) is 6.92 Å². The van der Waals surface area contributed by atoms with Gasteiger partial charge in [0.2, 0.25) is 5.91 Å². The number of hydrogen-bond acceptors (Lipinski definition) is 2. The summed E-state index contributed by atoms with van der Waals surface area (Å²) in [5, 5.41) is 6.00. The van der Waals surface area contributed by atoms with Crippen molar-refractivity contribution >= 4 is 5.91 Å². The number of amides is 1. The number of nitrogens with one attached hydrogen (secondary N) is 2. The van der Waals surface area contributed by atoms with Gasteiger partial charge in [0.25, 0.3) is 0 Å². The maximum atomic E-state index is 11.6. The van der Waals surface area contributed by atoms with Gasteiger partial charge in [0.1, 0.15) is 0 Å². The van der Waals surface area contributed by atoms with Crippen molar-refractivity contribution in [3.8, 4) is 11.8 Å². The van der Waals surface area contributed by atoms with E-state index in [0.29, 0.717) is 6.54 Å². The Morgan fingerprint density at radius 1 is 1.69 bits per heavy atom. The van der Waals surface area contributed by atoms with Gasteiger partial charge in [-0.2, -0.15) is 0 Å². The molecule has 1 rings (SSSR count). The predicted octanol–water partition coefficient (Wildman–Crippen LogP) is 0.126. The van der Waals surface area contributed by atoms with Crippen LogP contribution in [0.3, 0.4) is 0 Å². The molecule has 0 bridgehead atoms. The van der Waals surface area contributed by atoms with Crippen molar-refractivity contribution in [2.24, 2.45) is 5.41 Å². The molecule has 1 atom stereocenters. The molecule has 0 radical (unpaired) electrons. The Balaban J connectivity index is 2.40. The van der Waals surface area contributed by atoms with Crippen LogP contribution in [0.4, 0.5) is 0 Å². The summed E-state index contributed by atoms with van der Waals surface area (Å²) in [4.78, 5) is 11.6. The molecule has 1 heterocycles. The van der Waals surface area contributed by atoms with Gasteiger partial charge in [-0.15, -0.1) is 5.92 Å². The van der Waals surface area contributed by atoms with E-state index in [1.54, 1.807) is 6.92 Å². The van der Waals surface area contributed by atoms with Crippen LogP contribution in [0.15, 0.2) is 0 Å². The molecule has 1 fully saturated rings. The summed E-state index contributed by atoms with van der Waals surface area (Å²) in [5.41, 5.74) is -0.227. The standard InChI is InChI=1S/C10H16N2O/c1-3-4-6-12-9(13)10(2)5-7-11-8-10/h11H,5-8H2,1-2H3,(H,12,13). The van der Waals surface area contributed by atoms with Crippen LogP contribution in [0.25, 0.3) is 0 Å². The Morgan fingerprint density at radius 2 is 2.46 bits per heavy atom. The van der Waals surface area contributed by atoms with E-state index >= 15 is 0 Å². The van der Waals surface area contributed by atoms with Crippen LogP contribution in [0.2, 0.25) is 0 Å². The second-order valence-corrected chi connectivity index (χ2v) is 3.60. The van der Waals surface area contributed by atoms with E-state index in [0.717, 1.165) is 19.5 Å². The zero-order valence-corrected chi connectivity index (χ0v) is 8.24. The van der Waals surface area contributed by atoms with E-state index in [2.05, 4.69) is 22.5 Å². The summed E-state index contributed by atoms with van der Waals surface area (Å²) in [5.74, 6) is 5.67. The van der Waals surface area contributed by atoms with E-state index in [4.69, 9.17) is 0 Å². The fraction of sp³-hybridized carbons (Fsp3) is 0.700. The molecule has 13 heavy (non-hydrogen) atoms. The van der Waals surface area contributed by atoms with Gasteiger partial charge in [0.15, 0.2) is 0 Å². The Morgan fingerprint density at radius 3 is 3.00 bits per heavy atom. The maximum absolute atomic E-state index is 11.6. The van der Waals surface area contributed by atoms with Crippen molar-refractivity contribution in [1.82, 2.24) is 10.6 Å². The highest BCUT2D eigenvalue weighted by molar-refractivity contribution is 5.83. The molecule has 0 spiro atoms. The van der Waals surface area contributed by atoms with Crippen LogP contribution in [-0.2, 0) is 4.79 Å². The van der Waals surface area contributed by atoms with Crippen LogP contribution in [0.5, 0.6) is 0 Å². The SMILES string of the molecule is CC#CCNC(=O)C1(C)CCNC1. The lowest BCUT2D eigenvalue weighted by Crippen LogP contribution is -2.40. The Kier molecular flexibility index (Phi) is 3.32. The summed E-state index contributed by atoms with van der Waals surface area (Å²) in [6.07, 6.45) is 0.915. The molecule has 3 heteroatoms. The summed E-state index contributed by atoms with van der Waals surface area (Å²) in [6.45, 7) is 5.93. The minimum atomic E-state index is -0.227. The molecule has 0 aromatic rings. The first kappa shape index (κ1) is 10.1. The minimum absolute atomic E-state index is 0.111. The molecular formula is C10H16N2O. The van der Waals surface area contributed by atoms with E-state index in [-0.39, 0.29) is 11.3 Å². The zero-order chi connectivity index (χ0) is 9.73. The summed E-state index contributed by atoms with van der Waals surface area (Å²) >= 11 is 0. The first-order chi connectivity index (χ1) is 6.19. The van der Waals surface area contributed by atoms with E-state index in [9.17, 15) is 4.79 Å². The Hall–Kier alpha value is -1.01. The van der Waals surface area contributed by atoms with Gasteiger partial charge in [0, 0.05) is 6.54 Å². The van der Waals surface area contributed by atoms with Crippen molar-refractivity contribution < 1.29 is 4.79 Å². The quantitative estimate of drug-likeness (QED) is 0.593. The monoisotopic (exact) mass is 180 g/mol. The molecule has 1 amide bonds. The molecule has 1 unspecified atom stereocenters. The molecular weight excluding hydrogens is 164 g/mol. The van der Waals surface area contributed by atoms with Gasteiger partial charge in [-0.1, -0.05) is 5.92 Å². The van der Waals surface area contributed by atoms with Gasteiger partial charge in [-0.3, -0.25) is 4.79 Å².